The summed E-state index contributed by atoms with van der Waals surface area (Å²) in [6.07, 6.45) is 18.1. The maximum atomic E-state index is 11.3. The number of aliphatic hydroxyl groups excluding tert-OH is 1. The summed E-state index contributed by atoms with van der Waals surface area (Å²) in [5.74, 6) is 0. The molecule has 1 N–H and O–H groups in total. The van der Waals surface area contributed by atoms with Crippen LogP contribution in [-0.2, 0) is 10.1 Å². The van der Waals surface area contributed by atoms with Crippen LogP contribution < -0.4 is 51.4 Å². The predicted molar refractivity (Wildman–Crippen MR) is 114 cm³/mol. The van der Waals surface area contributed by atoms with Crippen molar-refractivity contribution in [2.45, 2.75) is 141 Å². The first-order chi connectivity index (χ1) is 12.9. The van der Waals surface area contributed by atoms with E-state index in [4.69, 9.17) is 0 Å². The van der Waals surface area contributed by atoms with Gasteiger partial charge in [0.15, 0.2) is 0 Å². The summed E-state index contributed by atoms with van der Waals surface area (Å²) in [5, 5.41) is 9.30. The molecule has 4 nitrogen and oxygen atoms in total. The summed E-state index contributed by atoms with van der Waals surface area (Å²) in [6, 6.07) is 0. The van der Waals surface area contributed by atoms with Gasteiger partial charge in [0.25, 0.3) is 0 Å². The van der Waals surface area contributed by atoms with E-state index in [0.29, 0.717) is 12.8 Å². The second kappa shape index (κ2) is 21.7. The third kappa shape index (κ3) is 20.8. The molecule has 2 atom stereocenters. The molecule has 0 aromatic carbocycles. The molecule has 0 fully saturated rings. The van der Waals surface area contributed by atoms with E-state index in [2.05, 4.69) is 13.8 Å². The van der Waals surface area contributed by atoms with Crippen molar-refractivity contribution in [1.82, 2.24) is 0 Å². The Hall–Kier alpha value is 1.51. The molecule has 28 heavy (non-hydrogen) atoms. The van der Waals surface area contributed by atoms with Gasteiger partial charge in [-0.1, -0.05) is 104 Å². The molecule has 0 saturated carbocycles. The first kappa shape index (κ1) is 31.7. The molecular weight excluding hydrogens is 399 g/mol. The van der Waals surface area contributed by atoms with E-state index < -0.39 is 15.4 Å². The van der Waals surface area contributed by atoms with Gasteiger partial charge in [0, 0.05) is 5.25 Å². The molecule has 0 radical (unpaired) electrons. The molecule has 164 valence electrons. The monoisotopic (exact) mass is 444 g/mol. The van der Waals surface area contributed by atoms with Crippen LogP contribution in [0.15, 0.2) is 0 Å². The molecular formula is C22H45KO4S. The fraction of sp³-hybridized carbons (Fsp3) is 1.00. The molecule has 0 aliphatic rings. The minimum Gasteiger partial charge on any atom is -0.748 e. The molecule has 0 aliphatic heterocycles. The van der Waals surface area contributed by atoms with E-state index in [9.17, 15) is 18.1 Å². The van der Waals surface area contributed by atoms with Crippen LogP contribution >= 0.6 is 0 Å². The van der Waals surface area contributed by atoms with Crippen LogP contribution in [0.25, 0.3) is 0 Å². The summed E-state index contributed by atoms with van der Waals surface area (Å²) in [5.41, 5.74) is 0. The Balaban J connectivity index is 0. The largest absolute Gasteiger partial charge is 1.00 e. The van der Waals surface area contributed by atoms with Gasteiger partial charge in [0.2, 0.25) is 0 Å². The zero-order valence-electron chi connectivity index (χ0n) is 19.0. The van der Waals surface area contributed by atoms with Crippen molar-refractivity contribution < 1.29 is 69.5 Å². The van der Waals surface area contributed by atoms with Crippen LogP contribution in [0, 0.1) is 0 Å². The topological polar surface area (TPSA) is 77.4 Å². The van der Waals surface area contributed by atoms with E-state index >= 15 is 0 Å². The Kier molecular flexibility index (Phi) is 24.6. The fourth-order valence-electron chi connectivity index (χ4n) is 3.64. The van der Waals surface area contributed by atoms with Gasteiger partial charge in [0.1, 0.15) is 0 Å². The molecule has 0 aromatic heterocycles. The first-order valence-corrected chi connectivity index (χ1v) is 13.0. The van der Waals surface area contributed by atoms with Crippen molar-refractivity contribution in [3.63, 3.8) is 0 Å². The Bertz CT molecular complexity index is 415. The van der Waals surface area contributed by atoms with E-state index in [1.54, 1.807) is 0 Å². The minimum atomic E-state index is -4.15. The smallest absolute Gasteiger partial charge is 0.748 e. The average Bonchev–Trinajstić information content (AvgIpc) is 2.61. The molecule has 0 rings (SSSR count). The van der Waals surface area contributed by atoms with Crippen molar-refractivity contribution in [3.8, 4) is 0 Å². The Morgan fingerprint density at radius 3 is 1.39 bits per heavy atom. The van der Waals surface area contributed by atoms with Gasteiger partial charge in [-0.25, -0.2) is 8.42 Å². The zero-order valence-corrected chi connectivity index (χ0v) is 22.9. The summed E-state index contributed by atoms with van der Waals surface area (Å²) in [6.45, 7) is 4.29. The molecule has 2 unspecified atom stereocenters. The normalized spacial score (nSPS) is 13.9. The first-order valence-electron chi connectivity index (χ1n) is 11.5. The minimum absolute atomic E-state index is 0. The van der Waals surface area contributed by atoms with E-state index in [-0.39, 0.29) is 57.5 Å². The number of unbranched alkanes of at least 4 members (excludes halogenated alkanes) is 11. The van der Waals surface area contributed by atoms with Crippen molar-refractivity contribution in [2.75, 3.05) is 0 Å². The molecule has 0 amide bonds. The Labute approximate surface area is 218 Å². The molecule has 0 heterocycles. The second-order valence-corrected chi connectivity index (χ2v) is 9.82. The maximum Gasteiger partial charge on any atom is 1.00 e. The molecule has 0 aromatic rings. The summed E-state index contributed by atoms with van der Waals surface area (Å²) in [4.78, 5) is 0. The van der Waals surface area contributed by atoms with Gasteiger partial charge in [-0.15, -0.1) is 0 Å². The van der Waals surface area contributed by atoms with Crippen molar-refractivity contribution in [3.05, 3.63) is 0 Å². The maximum absolute atomic E-state index is 11.3. The number of aliphatic hydroxyl groups is 1. The second-order valence-electron chi connectivity index (χ2n) is 8.17. The molecule has 0 bridgehead atoms. The van der Waals surface area contributed by atoms with Crippen molar-refractivity contribution in [1.29, 1.82) is 0 Å². The SMILES string of the molecule is CCCCCCCC(O)CCCCCCCCC(CCCCC)S(=O)(=O)[O-].[K+]. The summed E-state index contributed by atoms with van der Waals surface area (Å²) < 4.78 is 34.0. The predicted octanol–water partition coefficient (Wildman–Crippen LogP) is 3.33. The fourth-order valence-corrected chi connectivity index (χ4v) is 4.55. The van der Waals surface area contributed by atoms with E-state index in [0.717, 1.165) is 77.0 Å². The molecule has 0 aliphatic carbocycles. The quantitative estimate of drug-likeness (QED) is 0.177. The summed E-state index contributed by atoms with van der Waals surface area (Å²) in [7, 11) is -4.15. The molecule has 0 spiro atoms. The van der Waals surface area contributed by atoms with Gasteiger partial charge in [-0.2, -0.15) is 0 Å². The Morgan fingerprint density at radius 2 is 0.964 bits per heavy atom. The third-order valence-corrected chi connectivity index (χ3v) is 6.78. The van der Waals surface area contributed by atoms with Crippen LogP contribution in [0.3, 0.4) is 0 Å². The van der Waals surface area contributed by atoms with Gasteiger partial charge in [-0.3, -0.25) is 0 Å². The number of hydrogen-bond acceptors (Lipinski definition) is 4. The van der Waals surface area contributed by atoms with Gasteiger partial charge < -0.3 is 9.66 Å². The van der Waals surface area contributed by atoms with Crippen LogP contribution in [-0.4, -0.2) is 29.4 Å². The standard InChI is InChI=1S/C22H46O4S.K/c1-3-5-7-10-14-17-21(23)18-15-11-8-9-12-16-20-22(27(24,25)26)19-13-6-4-2;/h21-23H,3-20H2,1-2H3,(H,24,25,26);/q;+1/p-1. The van der Waals surface area contributed by atoms with Gasteiger partial charge in [0.05, 0.1) is 16.2 Å². The van der Waals surface area contributed by atoms with E-state index in [1.807, 2.05) is 0 Å². The van der Waals surface area contributed by atoms with Crippen molar-refractivity contribution >= 4 is 10.1 Å². The molecule has 0 saturated heterocycles. The van der Waals surface area contributed by atoms with Gasteiger partial charge in [-0.05, 0) is 25.7 Å². The van der Waals surface area contributed by atoms with Gasteiger partial charge >= 0.3 is 51.4 Å². The average molecular weight is 445 g/mol. The van der Waals surface area contributed by atoms with Crippen LogP contribution in [0.1, 0.15) is 129 Å². The van der Waals surface area contributed by atoms with E-state index in [1.165, 1.54) is 25.7 Å². The third-order valence-electron chi connectivity index (χ3n) is 5.49. The Morgan fingerprint density at radius 1 is 0.643 bits per heavy atom. The van der Waals surface area contributed by atoms with Crippen LogP contribution in [0.5, 0.6) is 0 Å². The van der Waals surface area contributed by atoms with Crippen LogP contribution in [0.2, 0.25) is 0 Å². The number of rotatable bonds is 20. The van der Waals surface area contributed by atoms with Crippen molar-refractivity contribution in [2.24, 2.45) is 0 Å². The molecule has 6 heteroatoms. The number of hydrogen-bond donors (Lipinski definition) is 1. The zero-order chi connectivity index (χ0) is 20.4. The van der Waals surface area contributed by atoms with Crippen LogP contribution in [0.4, 0.5) is 0 Å². The summed E-state index contributed by atoms with van der Waals surface area (Å²) >= 11 is 0.